The van der Waals surface area contributed by atoms with E-state index in [0.717, 1.165) is 12.0 Å². The number of anilines is 1. The average Bonchev–Trinajstić information content (AvgIpc) is 3.49. The van der Waals surface area contributed by atoms with Gasteiger partial charge >= 0.3 is 0 Å². The number of nitrogens with zero attached hydrogens (tertiary/aromatic N) is 4. The van der Waals surface area contributed by atoms with E-state index < -0.39 is 6.04 Å². The van der Waals surface area contributed by atoms with Gasteiger partial charge in [0.15, 0.2) is 0 Å². The van der Waals surface area contributed by atoms with Crippen LogP contribution in [-0.4, -0.2) is 43.4 Å². The third kappa shape index (κ3) is 2.86. The van der Waals surface area contributed by atoms with E-state index >= 15 is 0 Å². The number of amides is 3. The molecule has 8 nitrogen and oxygen atoms in total. The number of likely N-dealkylation sites (tertiary alicyclic amines) is 1. The highest BCUT2D eigenvalue weighted by Crippen LogP contribution is 2.52. The highest BCUT2D eigenvalue weighted by Gasteiger charge is 2.60. The van der Waals surface area contributed by atoms with Crippen molar-refractivity contribution in [1.29, 1.82) is 0 Å². The molecule has 148 valence electrons. The summed E-state index contributed by atoms with van der Waals surface area (Å²) < 4.78 is 1.71. The van der Waals surface area contributed by atoms with E-state index in [9.17, 15) is 14.4 Å². The van der Waals surface area contributed by atoms with Crippen molar-refractivity contribution in [2.75, 3.05) is 5.32 Å². The van der Waals surface area contributed by atoms with Crippen molar-refractivity contribution in [3.63, 3.8) is 0 Å². The van der Waals surface area contributed by atoms with Crippen molar-refractivity contribution in [2.24, 2.45) is 23.7 Å². The van der Waals surface area contributed by atoms with Crippen LogP contribution in [0.4, 0.5) is 5.69 Å². The topological polar surface area (TPSA) is 97.2 Å². The van der Waals surface area contributed by atoms with E-state index in [0.29, 0.717) is 12.2 Å². The van der Waals surface area contributed by atoms with Crippen LogP contribution in [0.25, 0.3) is 0 Å². The molecule has 2 aliphatic carbocycles. The number of benzene rings is 1. The van der Waals surface area contributed by atoms with E-state index in [2.05, 4.69) is 15.4 Å². The monoisotopic (exact) mass is 391 g/mol. The number of hydrogen-bond acceptors (Lipinski definition) is 5. The number of rotatable bonds is 5. The number of imide groups is 1. The summed E-state index contributed by atoms with van der Waals surface area (Å²) in [5.41, 5.74) is 1.63. The molecule has 3 amide bonds. The Morgan fingerprint density at radius 3 is 2.38 bits per heavy atom. The maximum atomic E-state index is 12.9. The smallest absolute Gasteiger partial charge is 0.247 e. The fourth-order valence-electron chi connectivity index (χ4n) is 4.87. The van der Waals surface area contributed by atoms with Crippen molar-refractivity contribution in [1.82, 2.24) is 19.7 Å². The summed E-state index contributed by atoms with van der Waals surface area (Å²) in [5.74, 6) is -1.08. The van der Waals surface area contributed by atoms with Crippen LogP contribution in [0.2, 0.25) is 0 Å². The van der Waals surface area contributed by atoms with Gasteiger partial charge in [-0.05, 0) is 42.9 Å². The maximum absolute atomic E-state index is 12.9. The molecule has 2 bridgehead atoms. The molecular weight excluding hydrogens is 370 g/mol. The molecule has 1 aromatic carbocycles. The normalized spacial score (nSPS) is 28.1. The molecule has 0 unspecified atom stereocenters. The molecule has 8 heteroatoms. The van der Waals surface area contributed by atoms with Crippen LogP contribution in [0.15, 0.2) is 49.1 Å². The van der Waals surface area contributed by atoms with E-state index in [4.69, 9.17) is 0 Å². The van der Waals surface area contributed by atoms with Crippen molar-refractivity contribution in [3.05, 3.63) is 54.6 Å². The fourth-order valence-corrected chi connectivity index (χ4v) is 4.87. The molecule has 0 spiro atoms. The molecule has 2 heterocycles. The first-order valence-electron chi connectivity index (χ1n) is 9.80. The van der Waals surface area contributed by atoms with Gasteiger partial charge in [0.1, 0.15) is 18.7 Å². The van der Waals surface area contributed by atoms with Crippen molar-refractivity contribution in [2.45, 2.75) is 25.9 Å². The first-order chi connectivity index (χ1) is 14.0. The number of carbonyl (C=O) groups is 3. The van der Waals surface area contributed by atoms with Crippen LogP contribution in [0.3, 0.4) is 0 Å². The highest BCUT2D eigenvalue weighted by molar-refractivity contribution is 6.10. The predicted octanol–water partition coefficient (Wildman–Crippen LogP) is 1.46. The summed E-state index contributed by atoms with van der Waals surface area (Å²) in [6.07, 6.45) is 8.09. The lowest BCUT2D eigenvalue weighted by Gasteiger charge is -2.23. The molecule has 1 saturated heterocycles. The number of aromatic nitrogens is 3. The Kier molecular flexibility index (Phi) is 4.08. The van der Waals surface area contributed by atoms with Crippen molar-refractivity contribution < 1.29 is 14.4 Å². The molecule has 5 rings (SSSR count). The van der Waals surface area contributed by atoms with Gasteiger partial charge in [0.25, 0.3) is 0 Å². The predicted molar refractivity (Wildman–Crippen MR) is 103 cm³/mol. The molecule has 1 saturated carbocycles. The molecule has 1 aromatic heterocycles. The van der Waals surface area contributed by atoms with Gasteiger partial charge in [-0.3, -0.25) is 19.3 Å². The van der Waals surface area contributed by atoms with Gasteiger partial charge in [-0.15, -0.1) is 0 Å². The zero-order chi connectivity index (χ0) is 20.1. The summed E-state index contributed by atoms with van der Waals surface area (Å²) >= 11 is 0. The summed E-state index contributed by atoms with van der Waals surface area (Å²) in [5, 5.41) is 6.88. The number of hydrogen-bond donors (Lipinski definition) is 1. The van der Waals surface area contributed by atoms with Gasteiger partial charge in [-0.1, -0.05) is 24.3 Å². The van der Waals surface area contributed by atoms with Gasteiger partial charge in [0.05, 0.1) is 18.4 Å². The first-order valence-corrected chi connectivity index (χ1v) is 9.80. The van der Waals surface area contributed by atoms with Gasteiger partial charge in [-0.2, -0.15) is 5.10 Å². The summed E-state index contributed by atoms with van der Waals surface area (Å²) in [6.45, 7) is 2.20. The molecule has 1 N–H and O–H groups in total. The first kappa shape index (κ1) is 17.8. The van der Waals surface area contributed by atoms with Gasteiger partial charge in [0.2, 0.25) is 17.7 Å². The van der Waals surface area contributed by atoms with Gasteiger partial charge in [0, 0.05) is 5.69 Å². The Morgan fingerprint density at radius 1 is 1.14 bits per heavy atom. The van der Waals surface area contributed by atoms with E-state index in [-0.39, 0.29) is 41.4 Å². The second-order valence-electron chi connectivity index (χ2n) is 8.00. The van der Waals surface area contributed by atoms with Crippen LogP contribution >= 0.6 is 0 Å². The molecular formula is C21H21N5O3. The maximum Gasteiger partial charge on any atom is 0.247 e. The van der Waals surface area contributed by atoms with Crippen LogP contribution in [-0.2, 0) is 20.9 Å². The second kappa shape index (κ2) is 6.65. The second-order valence-corrected chi connectivity index (χ2v) is 8.00. The minimum Gasteiger partial charge on any atom is -0.324 e. The van der Waals surface area contributed by atoms with Crippen molar-refractivity contribution in [3.8, 4) is 0 Å². The minimum absolute atomic E-state index is 0.138. The van der Waals surface area contributed by atoms with Gasteiger partial charge < -0.3 is 5.32 Å². The Hall–Kier alpha value is -3.29. The number of allylic oxidation sites excluding steroid dienone is 2. The zero-order valence-electron chi connectivity index (χ0n) is 15.9. The number of fused-ring (bicyclic) bond motifs is 5. The largest absolute Gasteiger partial charge is 0.324 e. The summed E-state index contributed by atoms with van der Waals surface area (Å²) in [6, 6.07) is 6.53. The van der Waals surface area contributed by atoms with E-state index in [1.165, 1.54) is 11.2 Å². The Balaban J connectivity index is 1.25. The SMILES string of the molecule is C[C@@H](C(=O)Nc1ccc(Cn2cncn2)cc1)N1C(=O)[C@@H]2[C@H](C1=O)[C@H]1C=C[C@H]2C1. The number of carbonyl (C=O) groups excluding carboxylic acids is 3. The summed E-state index contributed by atoms with van der Waals surface area (Å²) in [7, 11) is 0. The molecule has 5 atom stereocenters. The van der Waals surface area contributed by atoms with Gasteiger partial charge in [-0.25, -0.2) is 9.67 Å². The minimum atomic E-state index is -0.838. The Labute approximate surface area is 167 Å². The third-order valence-corrected chi connectivity index (χ3v) is 6.30. The Bertz CT molecular complexity index is 968. The standard InChI is InChI=1S/C21H21N5O3/c1-12(26-20(28)17-14-4-5-15(8-14)18(17)21(26)29)19(27)24-16-6-2-13(3-7-16)9-25-11-22-10-23-25/h2-7,10-12,14-15,17-18H,8-9H2,1H3,(H,24,27)/t12-,14-,15-,17-,18+/m0/s1. The van der Waals surface area contributed by atoms with Crippen LogP contribution in [0, 0.1) is 23.7 Å². The average molecular weight is 391 g/mol. The third-order valence-electron chi connectivity index (χ3n) is 6.30. The van der Waals surface area contributed by atoms with E-state index in [1.54, 1.807) is 30.1 Å². The highest BCUT2D eigenvalue weighted by atomic mass is 16.2. The van der Waals surface area contributed by atoms with Crippen LogP contribution in [0.1, 0.15) is 18.9 Å². The fraction of sp³-hybridized carbons (Fsp3) is 0.381. The quantitative estimate of drug-likeness (QED) is 0.615. The number of nitrogens with one attached hydrogen (secondary N) is 1. The van der Waals surface area contributed by atoms with E-state index in [1.807, 2.05) is 24.3 Å². The zero-order valence-corrected chi connectivity index (χ0v) is 15.9. The lowest BCUT2D eigenvalue weighted by molar-refractivity contribution is -0.146. The Morgan fingerprint density at radius 2 is 1.79 bits per heavy atom. The lowest BCUT2D eigenvalue weighted by Crippen LogP contribution is -2.46. The molecule has 2 fully saturated rings. The molecule has 3 aliphatic rings. The van der Waals surface area contributed by atoms with Crippen LogP contribution < -0.4 is 5.32 Å². The molecule has 0 radical (unpaired) electrons. The van der Waals surface area contributed by atoms with Crippen molar-refractivity contribution >= 4 is 23.4 Å². The summed E-state index contributed by atoms with van der Waals surface area (Å²) in [4.78, 5) is 43.5. The lowest BCUT2D eigenvalue weighted by atomic mass is 9.85. The molecule has 29 heavy (non-hydrogen) atoms. The molecule has 2 aromatic rings. The molecule has 1 aliphatic heterocycles. The van der Waals surface area contributed by atoms with Crippen LogP contribution in [0.5, 0.6) is 0 Å².